The molecule has 0 heterocycles. The Bertz CT molecular complexity index is 342. The Morgan fingerprint density at radius 3 is 2.47 bits per heavy atom. The quantitative estimate of drug-likeness (QED) is 0.767. The van der Waals surface area contributed by atoms with E-state index in [9.17, 15) is 0 Å². The first-order valence-corrected chi connectivity index (χ1v) is 7.31. The average molecular weight is 263 g/mol. The van der Waals surface area contributed by atoms with Crippen LogP contribution in [0.2, 0.25) is 0 Å². The van der Waals surface area contributed by atoms with Crippen LogP contribution in [0, 0.1) is 0 Å². The van der Waals surface area contributed by atoms with Crippen LogP contribution in [0.15, 0.2) is 30.3 Å². The molecule has 1 aromatic rings. The number of ether oxygens (including phenoxy) is 2. The van der Waals surface area contributed by atoms with Crippen molar-refractivity contribution in [3.8, 4) is 5.75 Å². The molecule has 1 aliphatic carbocycles. The van der Waals surface area contributed by atoms with Gasteiger partial charge in [-0.2, -0.15) is 0 Å². The van der Waals surface area contributed by atoms with Gasteiger partial charge in [-0.05, 0) is 32.0 Å². The minimum Gasteiger partial charge on any atom is -0.491 e. The van der Waals surface area contributed by atoms with E-state index in [1.165, 1.54) is 32.1 Å². The van der Waals surface area contributed by atoms with Crippen LogP contribution in [-0.4, -0.2) is 32.4 Å². The lowest BCUT2D eigenvalue weighted by atomic mass is 9.84. The molecule has 0 radical (unpaired) electrons. The van der Waals surface area contributed by atoms with Crippen molar-refractivity contribution in [3.05, 3.63) is 30.3 Å². The zero-order valence-electron chi connectivity index (χ0n) is 11.9. The van der Waals surface area contributed by atoms with Gasteiger partial charge < -0.3 is 14.8 Å². The van der Waals surface area contributed by atoms with Crippen molar-refractivity contribution < 1.29 is 9.47 Å². The van der Waals surface area contributed by atoms with Crippen LogP contribution in [0.25, 0.3) is 0 Å². The minimum absolute atomic E-state index is 0.0348. The van der Waals surface area contributed by atoms with E-state index < -0.39 is 0 Å². The summed E-state index contributed by atoms with van der Waals surface area (Å²) in [4.78, 5) is 0. The highest BCUT2D eigenvalue weighted by Gasteiger charge is 2.32. The summed E-state index contributed by atoms with van der Waals surface area (Å²) in [6, 6.07) is 9.92. The smallest absolute Gasteiger partial charge is 0.119 e. The van der Waals surface area contributed by atoms with Crippen molar-refractivity contribution in [1.29, 1.82) is 0 Å². The molecule has 19 heavy (non-hydrogen) atoms. The molecule has 0 aliphatic heterocycles. The van der Waals surface area contributed by atoms with E-state index in [0.29, 0.717) is 13.2 Å². The third kappa shape index (κ3) is 4.51. The van der Waals surface area contributed by atoms with Gasteiger partial charge in [-0.3, -0.25) is 0 Å². The fraction of sp³-hybridized carbons (Fsp3) is 0.625. The summed E-state index contributed by atoms with van der Waals surface area (Å²) < 4.78 is 11.8. The lowest BCUT2D eigenvalue weighted by molar-refractivity contribution is -0.0753. The first-order chi connectivity index (χ1) is 9.35. The van der Waals surface area contributed by atoms with Crippen LogP contribution in [0.3, 0.4) is 0 Å². The third-order valence-corrected chi connectivity index (χ3v) is 3.77. The van der Waals surface area contributed by atoms with Crippen LogP contribution in [0.1, 0.15) is 32.1 Å². The normalized spacial score (nSPS) is 18.2. The van der Waals surface area contributed by atoms with E-state index in [1.807, 2.05) is 37.4 Å². The van der Waals surface area contributed by atoms with Gasteiger partial charge >= 0.3 is 0 Å². The Morgan fingerprint density at radius 1 is 1.05 bits per heavy atom. The molecule has 1 fully saturated rings. The summed E-state index contributed by atoms with van der Waals surface area (Å²) in [5, 5.41) is 3.27. The molecular formula is C16H25NO2. The molecule has 0 saturated heterocycles. The Balaban J connectivity index is 1.73. The lowest BCUT2D eigenvalue weighted by Crippen LogP contribution is -2.44. The maximum Gasteiger partial charge on any atom is 0.119 e. The van der Waals surface area contributed by atoms with Crippen molar-refractivity contribution in [2.75, 3.05) is 26.8 Å². The molecule has 3 nitrogen and oxygen atoms in total. The number of rotatable bonds is 7. The van der Waals surface area contributed by atoms with Crippen molar-refractivity contribution in [2.45, 2.75) is 37.7 Å². The Morgan fingerprint density at radius 2 is 1.79 bits per heavy atom. The van der Waals surface area contributed by atoms with Crippen LogP contribution < -0.4 is 10.1 Å². The molecule has 1 N–H and O–H groups in total. The number of hydrogen-bond donors (Lipinski definition) is 1. The molecule has 1 aliphatic rings. The van der Waals surface area contributed by atoms with Gasteiger partial charge in [0.25, 0.3) is 0 Å². The van der Waals surface area contributed by atoms with Gasteiger partial charge in [-0.15, -0.1) is 0 Å². The number of likely N-dealkylation sites (N-methyl/N-ethyl adjacent to an activating group) is 1. The Kier molecular flexibility index (Phi) is 5.67. The molecule has 0 aromatic heterocycles. The standard InChI is InChI=1S/C16H25NO2/c1-17-14-16(10-6-3-7-11-16)19-13-12-18-15-8-4-2-5-9-15/h2,4-5,8-9,17H,3,6-7,10-14H2,1H3. The lowest BCUT2D eigenvalue weighted by Gasteiger charge is -2.37. The zero-order chi connectivity index (χ0) is 13.4. The molecule has 1 aromatic carbocycles. The van der Waals surface area contributed by atoms with E-state index in [4.69, 9.17) is 9.47 Å². The second kappa shape index (κ2) is 7.51. The summed E-state index contributed by atoms with van der Waals surface area (Å²) >= 11 is 0. The first kappa shape index (κ1) is 14.4. The zero-order valence-corrected chi connectivity index (χ0v) is 11.9. The molecule has 0 unspecified atom stereocenters. The average Bonchev–Trinajstić information content (AvgIpc) is 2.46. The van der Waals surface area contributed by atoms with E-state index in [1.54, 1.807) is 0 Å². The van der Waals surface area contributed by atoms with Gasteiger partial charge in [-0.25, -0.2) is 0 Å². The molecule has 1 saturated carbocycles. The first-order valence-electron chi connectivity index (χ1n) is 7.31. The number of para-hydroxylation sites is 1. The van der Waals surface area contributed by atoms with Crippen molar-refractivity contribution >= 4 is 0 Å². The van der Waals surface area contributed by atoms with Crippen LogP contribution >= 0.6 is 0 Å². The van der Waals surface area contributed by atoms with Gasteiger partial charge in [0, 0.05) is 6.54 Å². The van der Waals surface area contributed by atoms with Gasteiger partial charge in [-0.1, -0.05) is 37.5 Å². The maximum absolute atomic E-state index is 6.15. The van der Waals surface area contributed by atoms with E-state index in [-0.39, 0.29) is 5.60 Å². The highest BCUT2D eigenvalue weighted by atomic mass is 16.5. The molecule has 3 heteroatoms. The van der Waals surface area contributed by atoms with Crippen LogP contribution in [0.5, 0.6) is 5.75 Å². The van der Waals surface area contributed by atoms with Crippen molar-refractivity contribution in [3.63, 3.8) is 0 Å². The van der Waals surface area contributed by atoms with Crippen molar-refractivity contribution in [1.82, 2.24) is 5.32 Å². The molecule has 0 atom stereocenters. The summed E-state index contributed by atoms with van der Waals surface area (Å²) in [5.41, 5.74) is 0.0348. The highest BCUT2D eigenvalue weighted by molar-refractivity contribution is 5.20. The van der Waals surface area contributed by atoms with E-state index >= 15 is 0 Å². The molecular weight excluding hydrogens is 238 g/mol. The second-order valence-corrected chi connectivity index (χ2v) is 5.28. The van der Waals surface area contributed by atoms with Gasteiger partial charge in [0.2, 0.25) is 0 Å². The van der Waals surface area contributed by atoms with Gasteiger partial charge in [0.15, 0.2) is 0 Å². The summed E-state index contributed by atoms with van der Waals surface area (Å²) in [6.45, 7) is 2.23. The fourth-order valence-corrected chi connectivity index (χ4v) is 2.82. The summed E-state index contributed by atoms with van der Waals surface area (Å²) in [6.07, 6.45) is 6.23. The predicted molar refractivity (Wildman–Crippen MR) is 77.6 cm³/mol. The number of hydrogen-bond acceptors (Lipinski definition) is 3. The molecule has 106 valence electrons. The molecule has 0 bridgehead atoms. The van der Waals surface area contributed by atoms with Gasteiger partial charge in [0.1, 0.15) is 12.4 Å². The number of benzene rings is 1. The van der Waals surface area contributed by atoms with Gasteiger partial charge in [0.05, 0.1) is 12.2 Å². The minimum atomic E-state index is 0.0348. The molecule has 0 amide bonds. The maximum atomic E-state index is 6.15. The SMILES string of the molecule is CNCC1(OCCOc2ccccc2)CCCCC1. The van der Waals surface area contributed by atoms with Crippen molar-refractivity contribution in [2.24, 2.45) is 0 Å². The van der Waals surface area contributed by atoms with Crippen LogP contribution in [0.4, 0.5) is 0 Å². The largest absolute Gasteiger partial charge is 0.491 e. The third-order valence-electron chi connectivity index (χ3n) is 3.77. The monoisotopic (exact) mass is 263 g/mol. The van der Waals surface area contributed by atoms with E-state index in [2.05, 4.69) is 5.32 Å². The molecule has 2 rings (SSSR count). The van der Waals surface area contributed by atoms with Crippen LogP contribution in [-0.2, 0) is 4.74 Å². The second-order valence-electron chi connectivity index (χ2n) is 5.28. The predicted octanol–water partition coefficient (Wildman–Crippen LogP) is 3.00. The molecule has 0 spiro atoms. The Hall–Kier alpha value is -1.06. The fourth-order valence-electron chi connectivity index (χ4n) is 2.82. The number of nitrogens with one attached hydrogen (secondary N) is 1. The summed E-state index contributed by atoms with van der Waals surface area (Å²) in [5.74, 6) is 0.914. The topological polar surface area (TPSA) is 30.5 Å². The summed E-state index contributed by atoms with van der Waals surface area (Å²) in [7, 11) is 2.00. The Labute approximate surface area is 116 Å². The van der Waals surface area contributed by atoms with E-state index in [0.717, 1.165) is 12.3 Å². The highest BCUT2D eigenvalue weighted by Crippen LogP contribution is 2.31.